The van der Waals surface area contributed by atoms with E-state index in [-0.39, 0.29) is 24.2 Å². The zero-order valence-electron chi connectivity index (χ0n) is 12.7. The van der Waals surface area contributed by atoms with E-state index >= 15 is 0 Å². The standard InChI is InChI=1S/C15H20N2O4S/c1-8-9(2)22-15(17-13(20)10-5-6-10)12(8)14(21)16-7-3-4-11(18)19/h10H,3-7H2,1-2H3,(H,16,21)(H,17,20)(H,18,19). The first-order valence-electron chi connectivity index (χ1n) is 7.31. The summed E-state index contributed by atoms with van der Waals surface area (Å²) in [6, 6.07) is 0. The lowest BCUT2D eigenvalue weighted by molar-refractivity contribution is -0.137. The fourth-order valence-corrected chi connectivity index (χ4v) is 3.14. The van der Waals surface area contributed by atoms with Gasteiger partial charge >= 0.3 is 5.97 Å². The molecular formula is C15H20N2O4S. The van der Waals surface area contributed by atoms with E-state index in [1.807, 2.05) is 13.8 Å². The van der Waals surface area contributed by atoms with Crippen molar-refractivity contribution in [3.05, 3.63) is 16.0 Å². The number of nitrogens with one attached hydrogen (secondary N) is 2. The van der Waals surface area contributed by atoms with E-state index in [0.29, 0.717) is 23.5 Å². The Hall–Kier alpha value is -1.89. The molecule has 0 spiro atoms. The minimum absolute atomic E-state index is 0.0210. The number of rotatable bonds is 7. The largest absolute Gasteiger partial charge is 0.481 e. The summed E-state index contributed by atoms with van der Waals surface area (Å²) in [4.78, 5) is 35.7. The summed E-state index contributed by atoms with van der Waals surface area (Å²) in [5.74, 6) is -1.09. The van der Waals surface area contributed by atoms with Crippen LogP contribution >= 0.6 is 11.3 Å². The predicted octanol–water partition coefficient (Wildman–Crippen LogP) is 2.31. The van der Waals surface area contributed by atoms with Crippen molar-refractivity contribution in [3.8, 4) is 0 Å². The molecule has 6 nitrogen and oxygen atoms in total. The Morgan fingerprint density at radius 1 is 1.27 bits per heavy atom. The van der Waals surface area contributed by atoms with E-state index in [1.54, 1.807) is 0 Å². The van der Waals surface area contributed by atoms with Gasteiger partial charge < -0.3 is 15.7 Å². The molecule has 1 heterocycles. The van der Waals surface area contributed by atoms with Crippen LogP contribution in [0.5, 0.6) is 0 Å². The molecule has 2 rings (SSSR count). The highest BCUT2D eigenvalue weighted by atomic mass is 32.1. The number of aryl methyl sites for hydroxylation is 1. The number of anilines is 1. The molecule has 0 aromatic carbocycles. The maximum atomic E-state index is 12.3. The number of carboxylic acid groups (broad SMARTS) is 1. The average molecular weight is 324 g/mol. The zero-order valence-corrected chi connectivity index (χ0v) is 13.5. The van der Waals surface area contributed by atoms with Gasteiger partial charge in [0.05, 0.1) is 5.56 Å². The molecule has 1 aromatic heterocycles. The Bertz CT molecular complexity index is 605. The molecule has 1 aliphatic carbocycles. The first kappa shape index (κ1) is 16.5. The van der Waals surface area contributed by atoms with Crippen LogP contribution in [0.2, 0.25) is 0 Å². The molecule has 7 heteroatoms. The lowest BCUT2D eigenvalue weighted by atomic mass is 10.1. The second-order valence-corrected chi connectivity index (χ2v) is 6.73. The van der Waals surface area contributed by atoms with Gasteiger partial charge in [0, 0.05) is 23.8 Å². The molecule has 1 fully saturated rings. The third-order valence-electron chi connectivity index (χ3n) is 3.65. The van der Waals surface area contributed by atoms with Gasteiger partial charge in [-0.05, 0) is 38.7 Å². The molecule has 2 amide bonds. The van der Waals surface area contributed by atoms with Crippen LogP contribution in [0.3, 0.4) is 0 Å². The van der Waals surface area contributed by atoms with Crippen molar-refractivity contribution in [1.29, 1.82) is 0 Å². The zero-order chi connectivity index (χ0) is 16.3. The number of carbonyl (C=O) groups is 3. The fraction of sp³-hybridized carbons (Fsp3) is 0.533. The molecule has 22 heavy (non-hydrogen) atoms. The van der Waals surface area contributed by atoms with E-state index in [0.717, 1.165) is 23.3 Å². The van der Waals surface area contributed by atoms with E-state index < -0.39 is 5.97 Å². The van der Waals surface area contributed by atoms with Gasteiger partial charge in [-0.15, -0.1) is 11.3 Å². The van der Waals surface area contributed by atoms with Crippen molar-refractivity contribution in [2.75, 3.05) is 11.9 Å². The van der Waals surface area contributed by atoms with Crippen molar-refractivity contribution < 1.29 is 19.5 Å². The third kappa shape index (κ3) is 4.07. The Morgan fingerprint density at radius 3 is 2.55 bits per heavy atom. The number of carboxylic acids is 1. The molecule has 0 radical (unpaired) electrons. The highest BCUT2D eigenvalue weighted by molar-refractivity contribution is 7.16. The Kier molecular flexibility index (Phi) is 5.18. The van der Waals surface area contributed by atoms with Gasteiger partial charge in [0.25, 0.3) is 5.91 Å². The van der Waals surface area contributed by atoms with Crippen LogP contribution in [0.15, 0.2) is 0 Å². The highest BCUT2D eigenvalue weighted by Crippen LogP contribution is 2.35. The van der Waals surface area contributed by atoms with Crippen LogP contribution in [-0.4, -0.2) is 29.4 Å². The Balaban J connectivity index is 2.02. The molecule has 1 aromatic rings. The predicted molar refractivity (Wildman–Crippen MR) is 84.3 cm³/mol. The number of aliphatic carboxylic acids is 1. The summed E-state index contributed by atoms with van der Waals surface area (Å²) in [5.41, 5.74) is 1.35. The summed E-state index contributed by atoms with van der Waals surface area (Å²) in [6.45, 7) is 4.06. The van der Waals surface area contributed by atoms with Crippen LogP contribution in [0.4, 0.5) is 5.00 Å². The van der Waals surface area contributed by atoms with E-state index in [9.17, 15) is 14.4 Å². The van der Waals surface area contributed by atoms with Crippen LogP contribution < -0.4 is 10.6 Å². The van der Waals surface area contributed by atoms with Crippen molar-refractivity contribution in [2.45, 2.75) is 39.5 Å². The quantitative estimate of drug-likeness (QED) is 0.671. The maximum absolute atomic E-state index is 12.3. The summed E-state index contributed by atoms with van der Waals surface area (Å²) < 4.78 is 0. The SMILES string of the molecule is Cc1sc(NC(=O)C2CC2)c(C(=O)NCCCC(=O)O)c1C. The lowest BCUT2D eigenvalue weighted by Crippen LogP contribution is -2.26. The number of hydrogen-bond acceptors (Lipinski definition) is 4. The summed E-state index contributed by atoms with van der Waals surface area (Å²) in [6.07, 6.45) is 2.22. The van der Waals surface area contributed by atoms with Gasteiger partial charge in [-0.1, -0.05) is 0 Å². The molecule has 0 aliphatic heterocycles. The van der Waals surface area contributed by atoms with Crippen molar-refractivity contribution in [2.24, 2.45) is 5.92 Å². The summed E-state index contributed by atoms with van der Waals surface area (Å²) >= 11 is 1.40. The third-order valence-corrected chi connectivity index (χ3v) is 4.77. The minimum Gasteiger partial charge on any atom is -0.481 e. The average Bonchev–Trinajstić information content (AvgIpc) is 3.24. The van der Waals surface area contributed by atoms with Crippen LogP contribution in [0.1, 0.15) is 46.5 Å². The molecule has 1 saturated carbocycles. The second kappa shape index (κ2) is 6.91. The van der Waals surface area contributed by atoms with Crippen LogP contribution in [0.25, 0.3) is 0 Å². The maximum Gasteiger partial charge on any atom is 0.303 e. The molecule has 0 saturated heterocycles. The van der Waals surface area contributed by atoms with E-state index in [4.69, 9.17) is 5.11 Å². The first-order chi connectivity index (χ1) is 10.4. The number of amides is 2. The fourth-order valence-electron chi connectivity index (χ4n) is 2.08. The smallest absolute Gasteiger partial charge is 0.303 e. The van der Waals surface area contributed by atoms with Gasteiger partial charge in [-0.25, -0.2) is 0 Å². The van der Waals surface area contributed by atoms with Gasteiger partial charge in [-0.3, -0.25) is 14.4 Å². The highest BCUT2D eigenvalue weighted by Gasteiger charge is 2.31. The molecule has 0 unspecified atom stereocenters. The topological polar surface area (TPSA) is 95.5 Å². The molecule has 1 aliphatic rings. The van der Waals surface area contributed by atoms with Gasteiger partial charge in [0.15, 0.2) is 0 Å². The minimum atomic E-state index is -0.880. The normalized spacial score (nSPS) is 13.7. The number of hydrogen-bond donors (Lipinski definition) is 3. The summed E-state index contributed by atoms with van der Waals surface area (Å²) in [7, 11) is 0. The van der Waals surface area contributed by atoms with Gasteiger partial charge in [0.1, 0.15) is 5.00 Å². The van der Waals surface area contributed by atoms with Crippen LogP contribution in [-0.2, 0) is 9.59 Å². The molecule has 0 bridgehead atoms. The monoisotopic (exact) mass is 324 g/mol. The first-order valence-corrected chi connectivity index (χ1v) is 8.12. The Morgan fingerprint density at radius 2 is 1.95 bits per heavy atom. The molecule has 3 N–H and O–H groups in total. The number of carbonyl (C=O) groups excluding carboxylic acids is 2. The lowest BCUT2D eigenvalue weighted by Gasteiger charge is -2.08. The van der Waals surface area contributed by atoms with Crippen molar-refractivity contribution >= 4 is 34.1 Å². The number of thiophene rings is 1. The summed E-state index contributed by atoms with van der Waals surface area (Å²) in [5, 5.41) is 14.7. The molecular weight excluding hydrogens is 304 g/mol. The van der Waals surface area contributed by atoms with Crippen LogP contribution in [0, 0.1) is 19.8 Å². The molecule has 120 valence electrons. The van der Waals surface area contributed by atoms with E-state index in [1.165, 1.54) is 11.3 Å². The van der Waals surface area contributed by atoms with Gasteiger partial charge in [-0.2, -0.15) is 0 Å². The van der Waals surface area contributed by atoms with Gasteiger partial charge in [0.2, 0.25) is 5.91 Å². The van der Waals surface area contributed by atoms with Crippen molar-refractivity contribution in [3.63, 3.8) is 0 Å². The van der Waals surface area contributed by atoms with Crippen molar-refractivity contribution in [1.82, 2.24) is 5.32 Å². The second-order valence-electron chi connectivity index (χ2n) is 5.50. The van der Waals surface area contributed by atoms with E-state index in [2.05, 4.69) is 10.6 Å². The Labute approximate surface area is 132 Å². The molecule has 0 atom stereocenters.